The SMILES string of the molecule is COC(=O)c1ccc(/C=C/C(=O)Nc2ccc(N3CCOCC3)cc2)cc1. The zero-order chi connectivity index (χ0) is 19.1. The molecule has 0 atom stereocenters. The lowest BCUT2D eigenvalue weighted by atomic mass is 10.1. The van der Waals surface area contributed by atoms with Crippen molar-refractivity contribution in [1.29, 1.82) is 0 Å². The Morgan fingerprint density at radius 2 is 1.70 bits per heavy atom. The summed E-state index contributed by atoms with van der Waals surface area (Å²) in [6.07, 6.45) is 3.15. The molecule has 0 radical (unpaired) electrons. The first-order chi connectivity index (χ1) is 13.2. The van der Waals surface area contributed by atoms with Crippen LogP contribution in [0.1, 0.15) is 15.9 Å². The van der Waals surface area contributed by atoms with E-state index in [4.69, 9.17) is 4.74 Å². The smallest absolute Gasteiger partial charge is 0.337 e. The van der Waals surface area contributed by atoms with Crippen molar-refractivity contribution in [2.45, 2.75) is 0 Å². The molecule has 1 N–H and O–H groups in total. The Morgan fingerprint density at radius 1 is 1.04 bits per heavy atom. The van der Waals surface area contributed by atoms with Crippen LogP contribution >= 0.6 is 0 Å². The van der Waals surface area contributed by atoms with Crippen molar-refractivity contribution in [3.05, 3.63) is 65.7 Å². The molecule has 1 fully saturated rings. The fourth-order valence-corrected chi connectivity index (χ4v) is 2.78. The van der Waals surface area contributed by atoms with E-state index in [2.05, 4.69) is 15.0 Å². The van der Waals surface area contributed by atoms with Crippen LogP contribution in [0, 0.1) is 0 Å². The van der Waals surface area contributed by atoms with Gasteiger partial charge in [-0.2, -0.15) is 0 Å². The molecule has 0 aromatic heterocycles. The number of carbonyl (C=O) groups excluding carboxylic acids is 2. The normalized spacial score (nSPS) is 14.2. The number of nitrogens with zero attached hydrogens (tertiary/aromatic N) is 1. The van der Waals surface area contributed by atoms with Crippen LogP contribution < -0.4 is 10.2 Å². The summed E-state index contributed by atoms with van der Waals surface area (Å²) in [5.74, 6) is -0.602. The van der Waals surface area contributed by atoms with E-state index in [1.807, 2.05) is 24.3 Å². The van der Waals surface area contributed by atoms with Gasteiger partial charge in [-0.3, -0.25) is 4.79 Å². The molecule has 1 amide bonds. The summed E-state index contributed by atoms with van der Waals surface area (Å²) in [7, 11) is 1.34. The number of hydrogen-bond donors (Lipinski definition) is 1. The molecule has 0 saturated carbocycles. The average molecular weight is 366 g/mol. The van der Waals surface area contributed by atoms with Crippen molar-refractivity contribution in [3.63, 3.8) is 0 Å². The minimum atomic E-state index is -0.385. The van der Waals surface area contributed by atoms with Gasteiger partial charge in [-0.1, -0.05) is 12.1 Å². The van der Waals surface area contributed by atoms with E-state index in [0.29, 0.717) is 5.56 Å². The molecule has 0 unspecified atom stereocenters. The molecule has 27 heavy (non-hydrogen) atoms. The summed E-state index contributed by atoms with van der Waals surface area (Å²) in [5, 5.41) is 2.84. The molecule has 1 heterocycles. The van der Waals surface area contributed by atoms with Gasteiger partial charge in [0, 0.05) is 30.5 Å². The van der Waals surface area contributed by atoms with Crippen molar-refractivity contribution in [2.24, 2.45) is 0 Å². The third kappa shape index (κ3) is 5.18. The first-order valence-corrected chi connectivity index (χ1v) is 8.76. The van der Waals surface area contributed by atoms with Crippen LogP contribution in [0.25, 0.3) is 6.08 Å². The van der Waals surface area contributed by atoms with Crippen molar-refractivity contribution in [2.75, 3.05) is 43.6 Å². The van der Waals surface area contributed by atoms with Gasteiger partial charge in [-0.25, -0.2) is 4.79 Å². The summed E-state index contributed by atoms with van der Waals surface area (Å²) >= 11 is 0. The van der Waals surface area contributed by atoms with E-state index in [0.717, 1.165) is 43.2 Å². The van der Waals surface area contributed by atoms with E-state index in [1.165, 1.54) is 13.2 Å². The molecule has 1 aliphatic heterocycles. The number of benzene rings is 2. The third-order valence-corrected chi connectivity index (χ3v) is 4.27. The highest BCUT2D eigenvalue weighted by molar-refractivity contribution is 6.02. The quantitative estimate of drug-likeness (QED) is 0.651. The molecule has 1 aliphatic rings. The number of anilines is 2. The predicted octanol–water partition coefficient (Wildman–Crippen LogP) is 2.96. The second-order valence-corrected chi connectivity index (χ2v) is 6.08. The van der Waals surface area contributed by atoms with Gasteiger partial charge < -0.3 is 19.7 Å². The molecule has 0 bridgehead atoms. The third-order valence-electron chi connectivity index (χ3n) is 4.27. The molecule has 2 aromatic rings. The summed E-state index contributed by atoms with van der Waals surface area (Å²) in [6.45, 7) is 3.24. The highest BCUT2D eigenvalue weighted by Crippen LogP contribution is 2.19. The van der Waals surface area contributed by atoms with Crippen molar-refractivity contribution in [3.8, 4) is 0 Å². The number of morpholine rings is 1. The Morgan fingerprint density at radius 3 is 2.33 bits per heavy atom. The Hall–Kier alpha value is -3.12. The highest BCUT2D eigenvalue weighted by Gasteiger charge is 2.11. The van der Waals surface area contributed by atoms with E-state index >= 15 is 0 Å². The molecule has 3 rings (SSSR count). The maximum atomic E-state index is 12.1. The minimum absolute atomic E-state index is 0.217. The number of rotatable bonds is 5. The number of amides is 1. The van der Waals surface area contributed by atoms with E-state index in [-0.39, 0.29) is 11.9 Å². The van der Waals surface area contributed by atoms with Crippen LogP contribution in [-0.2, 0) is 14.3 Å². The van der Waals surface area contributed by atoms with E-state index in [9.17, 15) is 9.59 Å². The number of hydrogen-bond acceptors (Lipinski definition) is 5. The summed E-state index contributed by atoms with van der Waals surface area (Å²) < 4.78 is 10.0. The number of carbonyl (C=O) groups is 2. The van der Waals surface area contributed by atoms with Crippen molar-refractivity contribution >= 4 is 29.3 Å². The van der Waals surface area contributed by atoms with Crippen LogP contribution in [0.15, 0.2) is 54.6 Å². The first-order valence-electron chi connectivity index (χ1n) is 8.76. The largest absolute Gasteiger partial charge is 0.465 e. The Balaban J connectivity index is 1.55. The number of nitrogens with one attached hydrogen (secondary N) is 1. The second-order valence-electron chi connectivity index (χ2n) is 6.08. The van der Waals surface area contributed by atoms with Crippen LogP contribution in [0.4, 0.5) is 11.4 Å². The van der Waals surface area contributed by atoms with Crippen LogP contribution in [-0.4, -0.2) is 45.3 Å². The lowest BCUT2D eigenvalue weighted by Crippen LogP contribution is -2.36. The van der Waals surface area contributed by atoms with Gasteiger partial charge >= 0.3 is 5.97 Å². The molecule has 0 spiro atoms. The van der Waals surface area contributed by atoms with E-state index in [1.54, 1.807) is 30.3 Å². The molecule has 0 aliphatic carbocycles. The van der Waals surface area contributed by atoms with Crippen molar-refractivity contribution < 1.29 is 19.1 Å². The van der Waals surface area contributed by atoms with Gasteiger partial charge in [-0.05, 0) is 48.0 Å². The van der Waals surface area contributed by atoms with Crippen LogP contribution in [0.5, 0.6) is 0 Å². The van der Waals surface area contributed by atoms with Gasteiger partial charge in [0.25, 0.3) is 0 Å². The summed E-state index contributed by atoms with van der Waals surface area (Å²) in [5.41, 5.74) is 3.15. The van der Waals surface area contributed by atoms with Gasteiger partial charge in [-0.15, -0.1) is 0 Å². The van der Waals surface area contributed by atoms with E-state index < -0.39 is 0 Å². The average Bonchev–Trinajstić information content (AvgIpc) is 2.73. The molecule has 140 valence electrons. The first kappa shape index (κ1) is 18.7. The van der Waals surface area contributed by atoms with Gasteiger partial charge in [0.2, 0.25) is 5.91 Å². The van der Waals surface area contributed by atoms with Crippen LogP contribution in [0.2, 0.25) is 0 Å². The maximum Gasteiger partial charge on any atom is 0.337 e. The second kappa shape index (κ2) is 9.00. The molecule has 6 heteroatoms. The Labute approximate surface area is 158 Å². The fraction of sp³-hybridized carbons (Fsp3) is 0.238. The van der Waals surface area contributed by atoms with Gasteiger partial charge in [0.15, 0.2) is 0 Å². The zero-order valence-corrected chi connectivity index (χ0v) is 15.2. The molecular weight excluding hydrogens is 344 g/mol. The zero-order valence-electron chi connectivity index (χ0n) is 15.2. The monoisotopic (exact) mass is 366 g/mol. The topological polar surface area (TPSA) is 67.9 Å². The minimum Gasteiger partial charge on any atom is -0.465 e. The Kier molecular flexibility index (Phi) is 6.22. The molecule has 1 saturated heterocycles. The summed E-state index contributed by atoms with van der Waals surface area (Å²) in [4.78, 5) is 25.8. The molecule has 6 nitrogen and oxygen atoms in total. The lowest BCUT2D eigenvalue weighted by molar-refractivity contribution is -0.111. The standard InChI is InChI=1S/C21H22N2O4/c1-26-21(25)17-5-2-16(3-6-17)4-11-20(24)22-18-7-9-19(10-8-18)23-12-14-27-15-13-23/h2-11H,12-15H2,1H3,(H,22,24)/b11-4+. The maximum absolute atomic E-state index is 12.1. The highest BCUT2D eigenvalue weighted by atomic mass is 16.5. The molecule has 2 aromatic carbocycles. The number of methoxy groups -OCH3 is 1. The van der Waals surface area contributed by atoms with Crippen molar-refractivity contribution in [1.82, 2.24) is 0 Å². The fourth-order valence-electron chi connectivity index (χ4n) is 2.78. The lowest BCUT2D eigenvalue weighted by Gasteiger charge is -2.28. The van der Waals surface area contributed by atoms with Crippen LogP contribution in [0.3, 0.4) is 0 Å². The van der Waals surface area contributed by atoms with Gasteiger partial charge in [0.1, 0.15) is 0 Å². The molecular formula is C21H22N2O4. The summed E-state index contributed by atoms with van der Waals surface area (Å²) in [6, 6.07) is 14.6. The Bertz CT molecular complexity index is 807. The number of esters is 1. The van der Waals surface area contributed by atoms with Gasteiger partial charge in [0.05, 0.1) is 25.9 Å². The number of ether oxygens (including phenoxy) is 2. The predicted molar refractivity (Wildman–Crippen MR) is 105 cm³/mol.